The van der Waals surface area contributed by atoms with Crippen LogP contribution in [0.1, 0.15) is 30.6 Å². The third kappa shape index (κ3) is 3.86. The minimum atomic E-state index is -0.430. The first-order valence-corrected chi connectivity index (χ1v) is 6.42. The third-order valence-electron chi connectivity index (χ3n) is 2.71. The van der Waals surface area contributed by atoms with E-state index in [0.29, 0.717) is 36.8 Å². The molecule has 0 atom stereocenters. The van der Waals surface area contributed by atoms with E-state index < -0.39 is 5.54 Å². The summed E-state index contributed by atoms with van der Waals surface area (Å²) in [5.41, 5.74) is 5.95. The molecule has 1 aliphatic heterocycles. The molecule has 1 heterocycles. The Kier molecular flexibility index (Phi) is 3.95. The van der Waals surface area contributed by atoms with Crippen LogP contribution in [0.3, 0.4) is 0 Å². The van der Waals surface area contributed by atoms with Crippen LogP contribution in [-0.4, -0.2) is 31.2 Å². The second-order valence-electron chi connectivity index (χ2n) is 5.38. The van der Waals surface area contributed by atoms with Gasteiger partial charge in [0.25, 0.3) is 5.91 Å². The first-order valence-electron chi connectivity index (χ1n) is 6.42. The molecule has 1 amide bonds. The van der Waals surface area contributed by atoms with Crippen LogP contribution >= 0.6 is 0 Å². The Labute approximate surface area is 113 Å². The van der Waals surface area contributed by atoms with E-state index in [9.17, 15) is 4.79 Å². The molecule has 0 unspecified atom stereocenters. The molecule has 5 nitrogen and oxygen atoms in total. The standard InChI is InChI=1S/C14H20N2O3/c1-14(2,15)9-16-13(17)10-4-5-11-12(8-10)19-7-3-6-18-11/h4-5,8H,3,6-7,9,15H2,1-2H3,(H,16,17). The predicted molar refractivity (Wildman–Crippen MR) is 72.6 cm³/mol. The number of nitrogens with one attached hydrogen (secondary N) is 1. The summed E-state index contributed by atoms with van der Waals surface area (Å²) in [6, 6.07) is 5.20. The number of rotatable bonds is 3. The minimum Gasteiger partial charge on any atom is -0.490 e. The molecule has 0 radical (unpaired) electrons. The maximum atomic E-state index is 12.0. The van der Waals surface area contributed by atoms with Crippen molar-refractivity contribution in [1.82, 2.24) is 5.32 Å². The smallest absolute Gasteiger partial charge is 0.251 e. The molecule has 0 spiro atoms. The first kappa shape index (κ1) is 13.7. The van der Waals surface area contributed by atoms with Crippen LogP contribution in [0, 0.1) is 0 Å². The van der Waals surface area contributed by atoms with Gasteiger partial charge in [-0.2, -0.15) is 0 Å². The summed E-state index contributed by atoms with van der Waals surface area (Å²) in [6.07, 6.45) is 0.845. The molecule has 0 fully saturated rings. The summed E-state index contributed by atoms with van der Waals surface area (Å²) in [7, 11) is 0. The Balaban J connectivity index is 2.08. The Hall–Kier alpha value is -1.75. The fraction of sp³-hybridized carbons (Fsp3) is 0.500. The van der Waals surface area contributed by atoms with Crippen molar-refractivity contribution < 1.29 is 14.3 Å². The molecule has 1 aromatic rings. The monoisotopic (exact) mass is 264 g/mol. The molecule has 0 bridgehead atoms. The zero-order chi connectivity index (χ0) is 13.9. The number of carbonyl (C=O) groups excluding carboxylic acids is 1. The molecule has 0 aromatic heterocycles. The van der Waals surface area contributed by atoms with Crippen molar-refractivity contribution >= 4 is 5.91 Å². The van der Waals surface area contributed by atoms with Gasteiger partial charge in [0.05, 0.1) is 13.2 Å². The molecular formula is C14H20N2O3. The van der Waals surface area contributed by atoms with Gasteiger partial charge in [0.15, 0.2) is 11.5 Å². The summed E-state index contributed by atoms with van der Waals surface area (Å²) >= 11 is 0. The Morgan fingerprint density at radius 3 is 2.68 bits per heavy atom. The van der Waals surface area contributed by atoms with Crippen molar-refractivity contribution in [2.75, 3.05) is 19.8 Å². The van der Waals surface area contributed by atoms with Gasteiger partial charge in [-0.05, 0) is 32.0 Å². The van der Waals surface area contributed by atoms with Gasteiger partial charge in [0.2, 0.25) is 0 Å². The van der Waals surface area contributed by atoms with Crippen molar-refractivity contribution in [3.63, 3.8) is 0 Å². The van der Waals surface area contributed by atoms with Crippen LogP contribution in [0.25, 0.3) is 0 Å². The number of nitrogens with two attached hydrogens (primary N) is 1. The van der Waals surface area contributed by atoms with Crippen molar-refractivity contribution in [2.24, 2.45) is 5.73 Å². The highest BCUT2D eigenvalue weighted by Crippen LogP contribution is 2.30. The number of fused-ring (bicyclic) bond motifs is 1. The van der Waals surface area contributed by atoms with Gasteiger partial charge >= 0.3 is 0 Å². The van der Waals surface area contributed by atoms with Crippen LogP contribution in [0.5, 0.6) is 11.5 Å². The van der Waals surface area contributed by atoms with Crippen LogP contribution in [0.2, 0.25) is 0 Å². The van der Waals surface area contributed by atoms with Crippen LogP contribution < -0.4 is 20.5 Å². The van der Waals surface area contributed by atoms with Crippen molar-refractivity contribution in [3.8, 4) is 11.5 Å². The van der Waals surface area contributed by atoms with Gasteiger partial charge < -0.3 is 20.5 Å². The lowest BCUT2D eigenvalue weighted by molar-refractivity contribution is 0.0945. The van der Waals surface area contributed by atoms with Gasteiger partial charge in [0.1, 0.15) is 0 Å². The molecule has 19 heavy (non-hydrogen) atoms. The molecule has 1 aromatic carbocycles. The number of carbonyl (C=O) groups is 1. The number of benzene rings is 1. The van der Waals surface area contributed by atoms with E-state index in [4.69, 9.17) is 15.2 Å². The molecule has 5 heteroatoms. The van der Waals surface area contributed by atoms with E-state index in [-0.39, 0.29) is 5.91 Å². The highest BCUT2D eigenvalue weighted by atomic mass is 16.5. The van der Waals surface area contributed by atoms with E-state index >= 15 is 0 Å². The summed E-state index contributed by atoms with van der Waals surface area (Å²) in [4.78, 5) is 12.0. The summed E-state index contributed by atoms with van der Waals surface area (Å²) in [5, 5.41) is 2.80. The van der Waals surface area contributed by atoms with Crippen molar-refractivity contribution in [2.45, 2.75) is 25.8 Å². The van der Waals surface area contributed by atoms with Gasteiger partial charge in [-0.15, -0.1) is 0 Å². The zero-order valence-electron chi connectivity index (χ0n) is 11.4. The van der Waals surface area contributed by atoms with E-state index in [1.165, 1.54) is 0 Å². The minimum absolute atomic E-state index is 0.158. The number of hydrogen-bond acceptors (Lipinski definition) is 4. The SMILES string of the molecule is CC(C)(N)CNC(=O)c1ccc2c(c1)OCCCO2. The molecule has 0 saturated carbocycles. The predicted octanol–water partition coefficient (Wildman–Crippen LogP) is 1.31. The maximum Gasteiger partial charge on any atom is 0.251 e. The number of hydrogen-bond donors (Lipinski definition) is 2. The molecule has 2 rings (SSSR count). The average molecular weight is 264 g/mol. The van der Waals surface area contributed by atoms with E-state index in [2.05, 4.69) is 5.32 Å². The zero-order valence-corrected chi connectivity index (χ0v) is 11.4. The van der Waals surface area contributed by atoms with Crippen LogP contribution in [0.4, 0.5) is 0 Å². The Morgan fingerprint density at radius 1 is 1.32 bits per heavy atom. The lowest BCUT2D eigenvalue weighted by Gasteiger charge is -2.19. The van der Waals surface area contributed by atoms with Gasteiger partial charge in [-0.3, -0.25) is 4.79 Å². The lowest BCUT2D eigenvalue weighted by atomic mass is 10.1. The molecule has 104 valence electrons. The second-order valence-corrected chi connectivity index (χ2v) is 5.38. The van der Waals surface area contributed by atoms with Gasteiger partial charge in [-0.1, -0.05) is 0 Å². The fourth-order valence-electron chi connectivity index (χ4n) is 1.71. The van der Waals surface area contributed by atoms with E-state index in [1.807, 2.05) is 13.8 Å². The molecule has 1 aliphatic rings. The van der Waals surface area contributed by atoms with Crippen molar-refractivity contribution in [3.05, 3.63) is 23.8 Å². The normalized spacial score (nSPS) is 14.7. The van der Waals surface area contributed by atoms with E-state index in [0.717, 1.165) is 6.42 Å². The molecule has 0 aliphatic carbocycles. The quantitative estimate of drug-likeness (QED) is 0.863. The Morgan fingerprint density at radius 2 is 2.00 bits per heavy atom. The average Bonchev–Trinajstić information content (AvgIpc) is 2.59. The molecule has 0 saturated heterocycles. The Bertz CT molecular complexity index is 466. The highest BCUT2D eigenvalue weighted by Gasteiger charge is 2.16. The van der Waals surface area contributed by atoms with Crippen LogP contribution in [0.15, 0.2) is 18.2 Å². The van der Waals surface area contributed by atoms with Crippen LogP contribution in [-0.2, 0) is 0 Å². The summed E-state index contributed by atoms with van der Waals surface area (Å²) < 4.78 is 11.1. The van der Waals surface area contributed by atoms with E-state index in [1.54, 1.807) is 18.2 Å². The maximum absolute atomic E-state index is 12.0. The number of amides is 1. The van der Waals surface area contributed by atoms with Gasteiger partial charge in [-0.25, -0.2) is 0 Å². The third-order valence-corrected chi connectivity index (χ3v) is 2.71. The molecule has 3 N–H and O–H groups in total. The largest absolute Gasteiger partial charge is 0.490 e. The number of ether oxygens (including phenoxy) is 2. The molecular weight excluding hydrogens is 244 g/mol. The second kappa shape index (κ2) is 5.48. The lowest BCUT2D eigenvalue weighted by Crippen LogP contribution is -2.45. The first-order chi connectivity index (χ1) is 8.96. The van der Waals surface area contributed by atoms with Gasteiger partial charge in [0, 0.05) is 24.1 Å². The fourth-order valence-corrected chi connectivity index (χ4v) is 1.71. The highest BCUT2D eigenvalue weighted by molar-refractivity contribution is 5.94. The summed E-state index contributed by atoms with van der Waals surface area (Å²) in [5.74, 6) is 1.15. The summed E-state index contributed by atoms with van der Waals surface area (Å²) in [6.45, 7) is 5.39. The van der Waals surface area contributed by atoms with Crippen molar-refractivity contribution in [1.29, 1.82) is 0 Å². The topological polar surface area (TPSA) is 73.6 Å².